The Balaban J connectivity index is 1.77. The van der Waals surface area contributed by atoms with Crippen molar-refractivity contribution in [1.29, 1.82) is 0 Å². The third-order valence-corrected chi connectivity index (χ3v) is 4.92. The van der Waals surface area contributed by atoms with Gasteiger partial charge in [0.1, 0.15) is 0 Å². The minimum Gasteiger partial charge on any atom is -0.310 e. The van der Waals surface area contributed by atoms with Gasteiger partial charge in [-0.25, -0.2) is 4.98 Å². The second-order valence-electron chi connectivity index (χ2n) is 6.39. The molecule has 1 heterocycles. The first-order chi connectivity index (χ1) is 10.1. The van der Waals surface area contributed by atoms with E-state index in [1.807, 2.05) is 11.3 Å². The largest absolute Gasteiger partial charge is 0.310 e. The Morgan fingerprint density at radius 2 is 2.14 bits per heavy atom. The number of benzene rings is 1. The van der Waals surface area contributed by atoms with Crippen molar-refractivity contribution in [2.24, 2.45) is 0 Å². The molecule has 3 heteroatoms. The third-order valence-electron chi connectivity index (χ3n) is 3.84. The first-order valence-corrected chi connectivity index (χ1v) is 8.71. The summed E-state index contributed by atoms with van der Waals surface area (Å²) in [5, 5.41) is 4.81. The molecule has 112 valence electrons. The van der Waals surface area contributed by atoms with Crippen LogP contribution in [0.5, 0.6) is 0 Å². The maximum Gasteiger partial charge on any atom is 0.0975 e. The molecule has 0 unspecified atom stereocenters. The molecule has 0 atom stereocenters. The van der Waals surface area contributed by atoms with Crippen LogP contribution in [0, 0.1) is 6.92 Å². The number of aromatic nitrogens is 1. The summed E-state index contributed by atoms with van der Waals surface area (Å²) in [6.07, 6.45) is 3.61. The zero-order valence-electron chi connectivity index (χ0n) is 13.1. The Bertz CT molecular complexity index is 611. The quantitative estimate of drug-likeness (QED) is 0.854. The van der Waals surface area contributed by atoms with Crippen LogP contribution in [0.4, 0.5) is 0 Å². The van der Waals surface area contributed by atoms with Crippen LogP contribution in [-0.4, -0.2) is 11.0 Å². The average molecular weight is 300 g/mol. The summed E-state index contributed by atoms with van der Waals surface area (Å²) in [7, 11) is 0. The third kappa shape index (κ3) is 3.92. The summed E-state index contributed by atoms with van der Waals surface area (Å²) in [6, 6.07) is 9.29. The van der Waals surface area contributed by atoms with Gasteiger partial charge in [-0.05, 0) is 25.3 Å². The van der Waals surface area contributed by atoms with Gasteiger partial charge >= 0.3 is 0 Å². The van der Waals surface area contributed by atoms with Crippen LogP contribution < -0.4 is 5.32 Å². The highest BCUT2D eigenvalue weighted by Gasteiger charge is 2.29. The van der Waals surface area contributed by atoms with Crippen LogP contribution in [0.25, 0.3) is 0 Å². The number of nitrogens with one attached hydrogen (secondary N) is 1. The zero-order chi connectivity index (χ0) is 14.8. The monoisotopic (exact) mass is 300 g/mol. The standard InChI is InChI=1S/C18H24N2S/c1-12(2)19-11-16-18(15-7-8-15)20-17(21-16)10-14-6-4-5-13(3)9-14/h4-6,9,12,15,19H,7-8,10-11H2,1-3H3. The molecule has 2 nitrogen and oxygen atoms in total. The fraction of sp³-hybridized carbons (Fsp3) is 0.500. The van der Waals surface area contributed by atoms with E-state index < -0.39 is 0 Å². The zero-order valence-corrected chi connectivity index (χ0v) is 14.0. The lowest BCUT2D eigenvalue weighted by Gasteiger charge is -2.07. The van der Waals surface area contributed by atoms with E-state index >= 15 is 0 Å². The van der Waals surface area contributed by atoms with E-state index in [0.717, 1.165) is 18.9 Å². The molecule has 1 fully saturated rings. The predicted octanol–water partition coefficient (Wildman–Crippen LogP) is 4.42. The second kappa shape index (κ2) is 6.29. The highest BCUT2D eigenvalue weighted by atomic mass is 32.1. The van der Waals surface area contributed by atoms with Crippen LogP contribution in [0.1, 0.15) is 59.3 Å². The maximum atomic E-state index is 4.95. The van der Waals surface area contributed by atoms with Crippen molar-refractivity contribution in [3.63, 3.8) is 0 Å². The van der Waals surface area contributed by atoms with Gasteiger partial charge < -0.3 is 5.32 Å². The van der Waals surface area contributed by atoms with E-state index in [0.29, 0.717) is 6.04 Å². The summed E-state index contributed by atoms with van der Waals surface area (Å²) < 4.78 is 0. The highest BCUT2D eigenvalue weighted by molar-refractivity contribution is 7.11. The highest BCUT2D eigenvalue weighted by Crippen LogP contribution is 2.42. The van der Waals surface area contributed by atoms with Crippen molar-refractivity contribution in [3.8, 4) is 0 Å². The normalized spacial score (nSPS) is 14.9. The van der Waals surface area contributed by atoms with Crippen molar-refractivity contribution >= 4 is 11.3 Å². The average Bonchev–Trinajstić information content (AvgIpc) is 3.19. The molecule has 1 aromatic heterocycles. The Morgan fingerprint density at radius 1 is 1.33 bits per heavy atom. The van der Waals surface area contributed by atoms with E-state index in [2.05, 4.69) is 50.4 Å². The number of hydrogen-bond donors (Lipinski definition) is 1. The van der Waals surface area contributed by atoms with Crippen LogP contribution >= 0.6 is 11.3 Å². The number of nitrogens with zero attached hydrogens (tertiary/aromatic N) is 1. The van der Waals surface area contributed by atoms with Gasteiger partial charge in [0.2, 0.25) is 0 Å². The smallest absolute Gasteiger partial charge is 0.0975 e. The van der Waals surface area contributed by atoms with Gasteiger partial charge in [-0.15, -0.1) is 11.3 Å². The van der Waals surface area contributed by atoms with Crippen molar-refractivity contribution in [2.45, 2.75) is 58.5 Å². The molecule has 3 rings (SSSR count). The van der Waals surface area contributed by atoms with Crippen LogP contribution in [0.2, 0.25) is 0 Å². The van der Waals surface area contributed by atoms with E-state index in [9.17, 15) is 0 Å². The van der Waals surface area contributed by atoms with Gasteiger partial charge in [0.25, 0.3) is 0 Å². The Hall–Kier alpha value is -1.19. The van der Waals surface area contributed by atoms with Gasteiger partial charge in [-0.1, -0.05) is 43.7 Å². The molecule has 0 bridgehead atoms. The number of thiazole rings is 1. The first kappa shape index (κ1) is 14.7. The fourth-order valence-electron chi connectivity index (χ4n) is 2.59. The van der Waals surface area contributed by atoms with E-state index in [4.69, 9.17) is 4.98 Å². The molecule has 1 saturated carbocycles. The molecular weight excluding hydrogens is 276 g/mol. The van der Waals surface area contributed by atoms with Crippen LogP contribution in [0.3, 0.4) is 0 Å². The molecule has 21 heavy (non-hydrogen) atoms. The molecule has 0 aliphatic heterocycles. The maximum absolute atomic E-state index is 4.95. The molecule has 2 aromatic rings. The van der Waals surface area contributed by atoms with Crippen LogP contribution in [0.15, 0.2) is 24.3 Å². The van der Waals surface area contributed by atoms with Crippen LogP contribution in [-0.2, 0) is 13.0 Å². The van der Waals surface area contributed by atoms with Crippen molar-refractivity contribution in [1.82, 2.24) is 10.3 Å². The summed E-state index contributed by atoms with van der Waals surface area (Å²) in [5.41, 5.74) is 4.07. The number of rotatable bonds is 6. The minimum absolute atomic E-state index is 0.527. The second-order valence-corrected chi connectivity index (χ2v) is 7.56. The summed E-state index contributed by atoms with van der Waals surface area (Å²) >= 11 is 1.90. The molecule has 0 amide bonds. The molecular formula is C18H24N2S. The molecule has 0 saturated heterocycles. The molecule has 1 aliphatic rings. The fourth-order valence-corrected chi connectivity index (χ4v) is 3.73. The van der Waals surface area contributed by atoms with Gasteiger partial charge in [-0.2, -0.15) is 0 Å². The van der Waals surface area contributed by atoms with Gasteiger partial charge in [0.15, 0.2) is 0 Å². The first-order valence-electron chi connectivity index (χ1n) is 7.89. The van der Waals surface area contributed by atoms with Gasteiger partial charge in [0, 0.05) is 29.8 Å². The lowest BCUT2D eigenvalue weighted by molar-refractivity contribution is 0.590. The summed E-state index contributed by atoms with van der Waals surface area (Å²) in [4.78, 5) is 6.41. The molecule has 0 spiro atoms. The summed E-state index contributed by atoms with van der Waals surface area (Å²) in [5.74, 6) is 0.733. The Labute approximate surface area is 131 Å². The van der Waals surface area contributed by atoms with Gasteiger partial charge in [-0.3, -0.25) is 0 Å². The minimum atomic E-state index is 0.527. The van der Waals surface area contributed by atoms with E-state index in [-0.39, 0.29) is 0 Å². The topological polar surface area (TPSA) is 24.9 Å². The van der Waals surface area contributed by atoms with E-state index in [1.54, 1.807) is 0 Å². The number of hydrogen-bond acceptors (Lipinski definition) is 3. The molecule has 1 aromatic carbocycles. The lowest BCUT2D eigenvalue weighted by atomic mass is 10.1. The van der Waals surface area contributed by atoms with Crippen molar-refractivity contribution in [2.75, 3.05) is 0 Å². The van der Waals surface area contributed by atoms with Gasteiger partial charge in [0.05, 0.1) is 10.7 Å². The Morgan fingerprint density at radius 3 is 2.81 bits per heavy atom. The SMILES string of the molecule is Cc1cccc(Cc2nc(C3CC3)c(CNC(C)C)s2)c1. The molecule has 1 aliphatic carbocycles. The number of aryl methyl sites for hydroxylation is 1. The predicted molar refractivity (Wildman–Crippen MR) is 90.0 cm³/mol. The molecule has 1 N–H and O–H groups in total. The van der Waals surface area contributed by atoms with Crippen molar-refractivity contribution in [3.05, 3.63) is 51.0 Å². The van der Waals surface area contributed by atoms with Crippen molar-refractivity contribution < 1.29 is 0 Å². The summed E-state index contributed by atoms with van der Waals surface area (Å²) in [6.45, 7) is 7.52. The van der Waals surface area contributed by atoms with E-state index in [1.165, 1.54) is 39.5 Å². The lowest BCUT2D eigenvalue weighted by Crippen LogP contribution is -2.21. The Kier molecular flexibility index (Phi) is 4.41. The molecule has 0 radical (unpaired) electrons.